The van der Waals surface area contributed by atoms with Crippen molar-refractivity contribution in [2.75, 3.05) is 12.3 Å². The maximum Gasteiger partial charge on any atom is 0.351 e. The van der Waals surface area contributed by atoms with Crippen molar-refractivity contribution in [2.24, 2.45) is 5.92 Å². The van der Waals surface area contributed by atoms with Gasteiger partial charge in [-0.1, -0.05) is 6.92 Å². The Hall–Kier alpha value is -1.44. The third-order valence-corrected chi connectivity index (χ3v) is 3.40. The fourth-order valence-electron chi connectivity index (χ4n) is 2.23. The molecule has 1 aliphatic heterocycles. The molecular weight excluding hydrogens is 238 g/mol. The predicted molar refractivity (Wildman–Crippen MR) is 63.7 cm³/mol. The Balaban J connectivity index is 2.38. The first-order valence-corrected chi connectivity index (χ1v) is 5.70. The minimum atomic E-state index is -1.08. The average molecular weight is 255 g/mol. The van der Waals surface area contributed by atoms with E-state index in [1.165, 1.54) is 16.8 Å². The normalized spacial score (nSPS) is 35.9. The molecule has 100 valence electrons. The summed E-state index contributed by atoms with van der Waals surface area (Å²) >= 11 is 0. The molecule has 1 aromatic rings. The lowest BCUT2D eigenvalue weighted by Gasteiger charge is -2.25. The van der Waals surface area contributed by atoms with E-state index in [4.69, 9.17) is 10.5 Å². The van der Waals surface area contributed by atoms with Crippen molar-refractivity contribution in [3.63, 3.8) is 0 Å². The summed E-state index contributed by atoms with van der Waals surface area (Å²) < 4.78 is 6.88. The zero-order valence-corrected chi connectivity index (χ0v) is 10.3. The minimum absolute atomic E-state index is 0.132. The number of nitrogens with two attached hydrogens (primary N) is 1. The molecule has 0 bridgehead atoms. The van der Waals surface area contributed by atoms with E-state index in [1.807, 2.05) is 0 Å². The molecule has 1 aromatic heterocycles. The van der Waals surface area contributed by atoms with Gasteiger partial charge in [-0.2, -0.15) is 4.98 Å². The number of hydrogen-bond donors (Lipinski definition) is 3. The van der Waals surface area contributed by atoms with Gasteiger partial charge >= 0.3 is 5.69 Å². The molecule has 1 aliphatic rings. The van der Waals surface area contributed by atoms with Gasteiger partial charge in [-0.15, -0.1) is 0 Å². The van der Waals surface area contributed by atoms with Crippen molar-refractivity contribution >= 4 is 5.82 Å². The third-order valence-electron chi connectivity index (χ3n) is 3.40. The van der Waals surface area contributed by atoms with Crippen molar-refractivity contribution in [1.82, 2.24) is 9.55 Å². The molecule has 0 unspecified atom stereocenters. The van der Waals surface area contributed by atoms with Crippen LogP contribution in [-0.4, -0.2) is 38.1 Å². The fraction of sp³-hybridized carbons (Fsp3) is 0.636. The molecule has 0 spiro atoms. The molecule has 0 saturated carbocycles. The molecular formula is C11H17N3O4. The molecule has 1 saturated heterocycles. The molecule has 2 heterocycles. The van der Waals surface area contributed by atoms with Crippen LogP contribution in [0.5, 0.6) is 0 Å². The smallest absolute Gasteiger partial charge is 0.351 e. The van der Waals surface area contributed by atoms with E-state index in [1.54, 1.807) is 13.8 Å². The van der Waals surface area contributed by atoms with Gasteiger partial charge in [-0.3, -0.25) is 4.57 Å². The summed E-state index contributed by atoms with van der Waals surface area (Å²) in [4.78, 5) is 15.3. The van der Waals surface area contributed by atoms with Gasteiger partial charge < -0.3 is 20.7 Å². The number of ether oxygens (including phenoxy) is 1. The summed E-state index contributed by atoms with van der Waals surface area (Å²) in [5, 5.41) is 19.3. The number of anilines is 1. The van der Waals surface area contributed by atoms with Crippen LogP contribution in [0.25, 0.3) is 0 Å². The zero-order chi connectivity index (χ0) is 13.5. The Bertz CT molecular complexity index is 503. The van der Waals surface area contributed by atoms with Crippen molar-refractivity contribution in [3.05, 3.63) is 22.7 Å². The number of aliphatic hydroxyl groups is 2. The number of nitrogens with zero attached hydrogens (tertiary/aromatic N) is 2. The van der Waals surface area contributed by atoms with Crippen LogP contribution in [0.4, 0.5) is 5.82 Å². The van der Waals surface area contributed by atoms with Crippen molar-refractivity contribution in [3.8, 4) is 0 Å². The Morgan fingerprint density at radius 1 is 1.67 bits per heavy atom. The highest BCUT2D eigenvalue weighted by atomic mass is 16.6. The second-order valence-corrected chi connectivity index (χ2v) is 4.83. The van der Waals surface area contributed by atoms with Gasteiger partial charge in [-0.25, -0.2) is 4.79 Å². The molecule has 1 fully saturated rings. The summed E-state index contributed by atoms with van der Waals surface area (Å²) in [6.07, 6.45) is -0.0588. The van der Waals surface area contributed by atoms with E-state index in [0.29, 0.717) is 0 Å². The van der Waals surface area contributed by atoms with Crippen molar-refractivity contribution in [1.29, 1.82) is 0 Å². The Kier molecular flexibility index (Phi) is 3.14. The molecule has 0 aliphatic carbocycles. The first kappa shape index (κ1) is 13.0. The first-order valence-electron chi connectivity index (χ1n) is 5.70. The Morgan fingerprint density at radius 3 is 2.83 bits per heavy atom. The van der Waals surface area contributed by atoms with Crippen molar-refractivity contribution < 1.29 is 14.9 Å². The van der Waals surface area contributed by atoms with Crippen LogP contribution >= 0.6 is 0 Å². The summed E-state index contributed by atoms with van der Waals surface area (Å²) in [6, 6.07) is 1.48. The highest BCUT2D eigenvalue weighted by Crippen LogP contribution is 2.40. The Labute approximate surface area is 104 Å². The monoisotopic (exact) mass is 255 g/mol. The molecule has 0 radical (unpaired) electrons. The summed E-state index contributed by atoms with van der Waals surface area (Å²) in [7, 11) is 0. The molecule has 7 heteroatoms. The molecule has 7 nitrogen and oxygen atoms in total. The average Bonchev–Trinajstić information content (AvgIpc) is 2.55. The maximum atomic E-state index is 11.7. The highest BCUT2D eigenvalue weighted by Gasteiger charge is 2.50. The number of aliphatic hydroxyl groups excluding tert-OH is 2. The van der Waals surface area contributed by atoms with Crippen molar-refractivity contribution in [2.45, 2.75) is 31.8 Å². The van der Waals surface area contributed by atoms with Gasteiger partial charge in [0.1, 0.15) is 17.6 Å². The Morgan fingerprint density at radius 2 is 2.33 bits per heavy atom. The lowest BCUT2D eigenvalue weighted by Crippen LogP contribution is -2.41. The van der Waals surface area contributed by atoms with Gasteiger partial charge in [0, 0.05) is 12.1 Å². The van der Waals surface area contributed by atoms with E-state index < -0.39 is 23.6 Å². The number of hydrogen-bond acceptors (Lipinski definition) is 6. The molecule has 4 N–H and O–H groups in total. The lowest BCUT2D eigenvalue weighted by molar-refractivity contribution is -0.117. The summed E-state index contributed by atoms with van der Waals surface area (Å²) in [5.41, 5.74) is 3.79. The largest absolute Gasteiger partial charge is 0.393 e. The third kappa shape index (κ3) is 1.90. The van der Waals surface area contributed by atoms with E-state index in [9.17, 15) is 15.0 Å². The first-order chi connectivity index (χ1) is 8.39. The van der Waals surface area contributed by atoms with E-state index in [-0.39, 0.29) is 18.3 Å². The lowest BCUT2D eigenvalue weighted by atomic mass is 9.93. The van der Waals surface area contributed by atoms with E-state index in [0.717, 1.165) is 0 Å². The minimum Gasteiger partial charge on any atom is -0.393 e. The van der Waals surface area contributed by atoms with Crippen LogP contribution < -0.4 is 11.4 Å². The van der Waals surface area contributed by atoms with Crippen LogP contribution in [-0.2, 0) is 4.74 Å². The van der Waals surface area contributed by atoms with Crippen LogP contribution in [0.15, 0.2) is 17.1 Å². The summed E-state index contributed by atoms with van der Waals surface area (Å²) in [5.74, 6) is -0.211. The second-order valence-electron chi connectivity index (χ2n) is 4.83. The van der Waals surface area contributed by atoms with E-state index in [2.05, 4.69) is 4.98 Å². The second kappa shape index (κ2) is 4.34. The number of nitrogen functional groups attached to an aromatic ring is 1. The van der Waals surface area contributed by atoms with E-state index >= 15 is 0 Å². The van der Waals surface area contributed by atoms with Gasteiger partial charge in [0.25, 0.3) is 0 Å². The zero-order valence-electron chi connectivity index (χ0n) is 10.3. The topological polar surface area (TPSA) is 111 Å². The van der Waals surface area contributed by atoms with Crippen LogP contribution in [0.1, 0.15) is 20.1 Å². The number of aromatic nitrogens is 2. The van der Waals surface area contributed by atoms with Crippen LogP contribution in [0.3, 0.4) is 0 Å². The molecule has 0 amide bonds. The molecule has 0 aromatic carbocycles. The van der Waals surface area contributed by atoms with Crippen LogP contribution in [0, 0.1) is 5.92 Å². The fourth-order valence-corrected chi connectivity index (χ4v) is 2.23. The van der Waals surface area contributed by atoms with Crippen LogP contribution in [0.2, 0.25) is 0 Å². The molecule has 18 heavy (non-hydrogen) atoms. The number of rotatable bonds is 2. The maximum absolute atomic E-state index is 11.7. The van der Waals surface area contributed by atoms with Gasteiger partial charge in [-0.05, 0) is 13.0 Å². The van der Waals surface area contributed by atoms with Gasteiger partial charge in [0.15, 0.2) is 0 Å². The standard InChI is InChI=1S/C11H17N3O4/c1-6-8(16)11(2,5-15)18-9(6)14-4-3-7(12)13-10(14)17/h3-4,6,8-9,15-16H,5H2,1-2H3,(H2,12,13,17)/t6-,8+,9-,11-/m1/s1. The van der Waals surface area contributed by atoms with Gasteiger partial charge in [0.2, 0.25) is 0 Å². The van der Waals surface area contributed by atoms with Gasteiger partial charge in [0.05, 0.1) is 12.7 Å². The highest BCUT2D eigenvalue weighted by molar-refractivity contribution is 5.23. The molecule has 2 rings (SSSR count). The predicted octanol–water partition coefficient (Wildman–Crippen LogP) is -0.898. The molecule has 4 atom stereocenters. The SMILES string of the molecule is C[C@H]1[C@H](n2ccc(N)nc2=O)O[C@](C)(CO)[C@H]1O. The summed E-state index contributed by atoms with van der Waals surface area (Å²) in [6.45, 7) is 3.02. The quantitative estimate of drug-likeness (QED) is 0.631.